The van der Waals surface area contributed by atoms with E-state index in [4.69, 9.17) is 14.2 Å². The van der Waals surface area contributed by atoms with Gasteiger partial charge in [0.15, 0.2) is 6.10 Å². The van der Waals surface area contributed by atoms with Gasteiger partial charge in [-0.2, -0.15) is 0 Å². The zero-order valence-electron chi connectivity index (χ0n) is 12.6. The lowest BCUT2D eigenvalue weighted by molar-refractivity contribution is -0.167. The van der Waals surface area contributed by atoms with Crippen molar-refractivity contribution < 1.29 is 28.6 Å². The van der Waals surface area contributed by atoms with Crippen molar-refractivity contribution in [2.24, 2.45) is 5.92 Å². The van der Waals surface area contributed by atoms with Crippen LogP contribution >= 0.6 is 0 Å². The molecule has 0 aromatic carbocycles. The predicted molar refractivity (Wildman–Crippen MR) is 71.8 cm³/mol. The van der Waals surface area contributed by atoms with Gasteiger partial charge in [0.05, 0.1) is 5.92 Å². The second-order valence-corrected chi connectivity index (χ2v) is 4.44. The van der Waals surface area contributed by atoms with Gasteiger partial charge < -0.3 is 14.2 Å². The van der Waals surface area contributed by atoms with Crippen molar-refractivity contribution in [3.05, 3.63) is 0 Å². The van der Waals surface area contributed by atoms with Gasteiger partial charge in [-0.1, -0.05) is 27.7 Å². The summed E-state index contributed by atoms with van der Waals surface area (Å²) >= 11 is 0. The lowest BCUT2D eigenvalue weighted by atomic mass is 10.1. The molecule has 2 unspecified atom stereocenters. The van der Waals surface area contributed by atoms with Gasteiger partial charge in [0.2, 0.25) is 0 Å². The highest BCUT2D eigenvalue weighted by molar-refractivity contribution is 5.72. The first-order valence-corrected chi connectivity index (χ1v) is 6.96. The van der Waals surface area contributed by atoms with Crippen LogP contribution in [0.15, 0.2) is 0 Å². The van der Waals surface area contributed by atoms with E-state index in [9.17, 15) is 14.4 Å². The van der Waals surface area contributed by atoms with Gasteiger partial charge in [-0.3, -0.25) is 14.4 Å². The van der Waals surface area contributed by atoms with E-state index in [0.717, 1.165) is 0 Å². The first-order chi connectivity index (χ1) is 9.44. The molecule has 0 fully saturated rings. The van der Waals surface area contributed by atoms with E-state index < -0.39 is 18.0 Å². The molecule has 0 aromatic rings. The number of esters is 3. The van der Waals surface area contributed by atoms with Crippen LogP contribution in [0.3, 0.4) is 0 Å². The third kappa shape index (κ3) is 7.76. The SMILES string of the molecule is CCC(=O)OCC(COC(=O)C(C)CC)OC(=O)CC. The Morgan fingerprint density at radius 1 is 0.900 bits per heavy atom. The van der Waals surface area contributed by atoms with E-state index in [1.54, 1.807) is 20.8 Å². The molecular formula is C14H24O6. The summed E-state index contributed by atoms with van der Waals surface area (Å²) in [7, 11) is 0. The van der Waals surface area contributed by atoms with E-state index in [-0.39, 0.29) is 37.9 Å². The minimum atomic E-state index is -0.758. The molecule has 0 aliphatic rings. The molecule has 0 amide bonds. The summed E-state index contributed by atoms with van der Waals surface area (Å²) in [6, 6.07) is 0. The van der Waals surface area contributed by atoms with Crippen molar-refractivity contribution in [2.45, 2.75) is 53.1 Å². The van der Waals surface area contributed by atoms with Crippen LogP contribution in [0.25, 0.3) is 0 Å². The molecule has 20 heavy (non-hydrogen) atoms. The Bertz CT molecular complexity index is 326. The van der Waals surface area contributed by atoms with Gasteiger partial charge in [-0.25, -0.2) is 0 Å². The standard InChI is InChI=1S/C14H24O6/c1-5-10(4)14(17)19-9-11(20-13(16)7-3)8-18-12(15)6-2/h10-11H,5-9H2,1-4H3. The predicted octanol–water partition coefficient (Wildman–Crippen LogP) is 1.85. The topological polar surface area (TPSA) is 78.9 Å². The highest BCUT2D eigenvalue weighted by atomic mass is 16.6. The monoisotopic (exact) mass is 288 g/mol. The lowest BCUT2D eigenvalue weighted by Gasteiger charge is -2.18. The first-order valence-electron chi connectivity index (χ1n) is 6.96. The van der Waals surface area contributed by atoms with Crippen LogP contribution in [0, 0.1) is 5.92 Å². The summed E-state index contributed by atoms with van der Waals surface area (Å²) < 4.78 is 15.0. The average molecular weight is 288 g/mol. The van der Waals surface area contributed by atoms with Gasteiger partial charge in [-0.15, -0.1) is 0 Å². The van der Waals surface area contributed by atoms with Crippen LogP contribution < -0.4 is 0 Å². The quantitative estimate of drug-likeness (QED) is 0.476. The van der Waals surface area contributed by atoms with Crippen LogP contribution in [0.5, 0.6) is 0 Å². The molecule has 6 nitrogen and oxygen atoms in total. The summed E-state index contributed by atoms with van der Waals surface area (Å²) in [5, 5.41) is 0. The molecule has 116 valence electrons. The Morgan fingerprint density at radius 2 is 1.45 bits per heavy atom. The summed E-state index contributed by atoms with van der Waals surface area (Å²) in [5.74, 6) is -1.39. The fourth-order valence-electron chi connectivity index (χ4n) is 1.16. The molecule has 0 rings (SSSR count). The maximum Gasteiger partial charge on any atom is 0.308 e. The number of hydrogen-bond donors (Lipinski definition) is 0. The molecule has 0 bridgehead atoms. The van der Waals surface area contributed by atoms with Crippen LogP contribution in [0.4, 0.5) is 0 Å². The number of hydrogen-bond acceptors (Lipinski definition) is 6. The second kappa shape index (κ2) is 10.2. The van der Waals surface area contributed by atoms with Gasteiger partial charge in [0.1, 0.15) is 13.2 Å². The molecule has 0 radical (unpaired) electrons. The van der Waals surface area contributed by atoms with Crippen LogP contribution in [-0.2, 0) is 28.6 Å². The number of carbonyl (C=O) groups is 3. The van der Waals surface area contributed by atoms with Crippen molar-refractivity contribution >= 4 is 17.9 Å². The van der Waals surface area contributed by atoms with Gasteiger partial charge >= 0.3 is 17.9 Å². The van der Waals surface area contributed by atoms with Gasteiger partial charge in [-0.05, 0) is 6.42 Å². The number of carbonyl (C=O) groups excluding carboxylic acids is 3. The smallest absolute Gasteiger partial charge is 0.308 e. The zero-order valence-corrected chi connectivity index (χ0v) is 12.6. The maximum atomic E-state index is 11.6. The summed E-state index contributed by atoms with van der Waals surface area (Å²) in [4.78, 5) is 33.9. The highest BCUT2D eigenvalue weighted by Crippen LogP contribution is 2.06. The maximum absolute atomic E-state index is 11.6. The molecule has 0 aromatic heterocycles. The highest BCUT2D eigenvalue weighted by Gasteiger charge is 2.20. The molecule has 0 saturated carbocycles. The van der Waals surface area contributed by atoms with Gasteiger partial charge in [0.25, 0.3) is 0 Å². The van der Waals surface area contributed by atoms with Gasteiger partial charge in [0, 0.05) is 12.8 Å². The molecule has 0 spiro atoms. The van der Waals surface area contributed by atoms with E-state index in [0.29, 0.717) is 6.42 Å². The zero-order chi connectivity index (χ0) is 15.5. The molecule has 0 aliphatic carbocycles. The fourth-order valence-corrected chi connectivity index (χ4v) is 1.16. The summed E-state index contributed by atoms with van der Waals surface area (Å²) in [5.41, 5.74) is 0. The van der Waals surface area contributed by atoms with E-state index in [2.05, 4.69) is 0 Å². The third-order valence-corrected chi connectivity index (χ3v) is 2.73. The van der Waals surface area contributed by atoms with Crippen molar-refractivity contribution in [3.63, 3.8) is 0 Å². The second-order valence-electron chi connectivity index (χ2n) is 4.44. The molecule has 6 heteroatoms. The number of rotatable bonds is 9. The summed E-state index contributed by atoms with van der Waals surface area (Å²) in [6.45, 7) is 6.75. The van der Waals surface area contributed by atoms with Crippen molar-refractivity contribution in [3.8, 4) is 0 Å². The minimum absolute atomic E-state index is 0.105. The average Bonchev–Trinajstić information content (AvgIpc) is 2.47. The molecular weight excluding hydrogens is 264 g/mol. The largest absolute Gasteiger partial charge is 0.462 e. The Labute approximate surface area is 119 Å². The minimum Gasteiger partial charge on any atom is -0.462 e. The van der Waals surface area contributed by atoms with Crippen LogP contribution in [0.2, 0.25) is 0 Å². The molecule has 0 N–H and O–H groups in total. The van der Waals surface area contributed by atoms with E-state index >= 15 is 0 Å². The van der Waals surface area contributed by atoms with E-state index in [1.807, 2.05) is 6.92 Å². The first kappa shape index (κ1) is 18.4. The third-order valence-electron chi connectivity index (χ3n) is 2.73. The Kier molecular flexibility index (Phi) is 9.41. The molecule has 0 heterocycles. The van der Waals surface area contributed by atoms with Crippen molar-refractivity contribution in [2.75, 3.05) is 13.2 Å². The normalized spacial score (nSPS) is 13.2. The van der Waals surface area contributed by atoms with E-state index in [1.165, 1.54) is 0 Å². The van der Waals surface area contributed by atoms with Crippen molar-refractivity contribution in [1.82, 2.24) is 0 Å². The molecule has 0 saturated heterocycles. The molecule has 0 aliphatic heterocycles. The Morgan fingerprint density at radius 3 is 1.95 bits per heavy atom. The van der Waals surface area contributed by atoms with Crippen molar-refractivity contribution in [1.29, 1.82) is 0 Å². The van der Waals surface area contributed by atoms with Crippen LogP contribution in [-0.4, -0.2) is 37.2 Å². The molecule has 2 atom stereocenters. The summed E-state index contributed by atoms with van der Waals surface area (Å²) in [6.07, 6.45) is 0.354. The van der Waals surface area contributed by atoms with Crippen LogP contribution in [0.1, 0.15) is 47.0 Å². The lowest BCUT2D eigenvalue weighted by Crippen LogP contribution is -2.31. The fraction of sp³-hybridized carbons (Fsp3) is 0.786. The Balaban J connectivity index is 4.33. The Hall–Kier alpha value is -1.59. The number of ether oxygens (including phenoxy) is 3.